The maximum atomic E-state index is 12.4. The molecule has 166 valence electrons. The van der Waals surface area contributed by atoms with E-state index in [1.54, 1.807) is 19.4 Å². The number of nitrogens with one attached hydrogen (secondary N) is 1. The minimum Gasteiger partial charge on any atom is -0.368 e. The van der Waals surface area contributed by atoms with E-state index in [4.69, 9.17) is 0 Å². The lowest BCUT2D eigenvalue weighted by Crippen LogP contribution is -2.49. The maximum absolute atomic E-state index is 12.4. The second-order valence-corrected chi connectivity index (χ2v) is 7.24. The highest BCUT2D eigenvalue weighted by atomic mass is 19.4. The number of rotatable bonds is 5. The summed E-state index contributed by atoms with van der Waals surface area (Å²) >= 11 is 0. The van der Waals surface area contributed by atoms with Crippen molar-refractivity contribution in [2.75, 3.05) is 38.1 Å². The Morgan fingerprint density at radius 3 is 2.32 bits per heavy atom. The van der Waals surface area contributed by atoms with Gasteiger partial charge in [0.1, 0.15) is 18.0 Å². The van der Waals surface area contributed by atoms with E-state index in [2.05, 4.69) is 25.2 Å². The van der Waals surface area contributed by atoms with Crippen molar-refractivity contribution in [3.63, 3.8) is 0 Å². The number of nitrogens with zero attached hydrogens (tertiary/aromatic N) is 5. The molecule has 1 aromatic carbocycles. The smallest absolute Gasteiger partial charge is 0.368 e. The van der Waals surface area contributed by atoms with Crippen LogP contribution in [0.15, 0.2) is 41.7 Å². The van der Waals surface area contributed by atoms with Crippen LogP contribution < -0.4 is 10.2 Å². The fourth-order valence-corrected chi connectivity index (χ4v) is 3.42. The largest absolute Gasteiger partial charge is 0.397 e. The summed E-state index contributed by atoms with van der Waals surface area (Å²) in [6.45, 7) is 4.00. The molecule has 0 unspecified atom stereocenters. The Labute approximate surface area is 179 Å². The van der Waals surface area contributed by atoms with Crippen LogP contribution in [0.3, 0.4) is 0 Å². The van der Waals surface area contributed by atoms with Gasteiger partial charge in [0.05, 0.1) is 5.69 Å². The molecule has 1 aliphatic rings. The Morgan fingerprint density at radius 2 is 1.74 bits per heavy atom. The van der Waals surface area contributed by atoms with E-state index in [9.17, 15) is 18.0 Å². The lowest BCUT2D eigenvalue weighted by atomic mass is 10.1. The Kier molecular flexibility index (Phi) is 7.09. The van der Waals surface area contributed by atoms with Crippen LogP contribution in [-0.4, -0.2) is 66.0 Å². The van der Waals surface area contributed by atoms with E-state index in [-0.39, 0.29) is 13.1 Å². The first-order valence-corrected chi connectivity index (χ1v) is 9.94. The zero-order chi connectivity index (χ0) is 22.4. The number of halogens is 3. The zero-order valence-corrected chi connectivity index (χ0v) is 17.5. The van der Waals surface area contributed by atoms with Gasteiger partial charge in [-0.2, -0.15) is 13.2 Å². The van der Waals surface area contributed by atoms with Crippen molar-refractivity contribution in [2.45, 2.75) is 26.1 Å². The molecule has 0 saturated carbocycles. The van der Waals surface area contributed by atoms with Gasteiger partial charge < -0.3 is 15.1 Å². The molecule has 0 spiro atoms. The molecule has 0 radical (unpaired) electrons. The molecule has 1 fully saturated rings. The van der Waals surface area contributed by atoms with Crippen LogP contribution in [0.4, 0.5) is 18.9 Å². The van der Waals surface area contributed by atoms with Crippen LogP contribution >= 0.6 is 0 Å². The van der Waals surface area contributed by atoms with Crippen molar-refractivity contribution in [3.05, 3.63) is 53.6 Å². The highest BCUT2D eigenvalue weighted by molar-refractivity contribution is 5.97. The molecule has 0 bridgehead atoms. The van der Waals surface area contributed by atoms with Gasteiger partial charge in [-0.25, -0.2) is 4.98 Å². The molecule has 7 nitrogen and oxygen atoms in total. The van der Waals surface area contributed by atoms with Crippen molar-refractivity contribution in [1.29, 1.82) is 0 Å². The molecule has 1 N–H and O–H groups in total. The average Bonchev–Trinajstić information content (AvgIpc) is 2.75. The molecule has 1 saturated heterocycles. The molecule has 10 heteroatoms. The number of benzene rings is 1. The van der Waals surface area contributed by atoms with Gasteiger partial charge in [-0.1, -0.05) is 12.1 Å². The maximum Gasteiger partial charge on any atom is 0.397 e. The van der Waals surface area contributed by atoms with E-state index in [1.165, 1.54) is 4.90 Å². The third-order valence-corrected chi connectivity index (χ3v) is 5.07. The third-order valence-electron chi connectivity index (χ3n) is 5.07. The van der Waals surface area contributed by atoms with Gasteiger partial charge in [0.2, 0.25) is 5.91 Å². The molecule has 0 aliphatic carbocycles. The zero-order valence-electron chi connectivity index (χ0n) is 17.5. The van der Waals surface area contributed by atoms with Crippen molar-refractivity contribution in [1.82, 2.24) is 20.2 Å². The highest BCUT2D eigenvalue weighted by Gasteiger charge is 2.34. The van der Waals surface area contributed by atoms with Crippen LogP contribution in [-0.2, 0) is 11.3 Å². The SMILES string of the molecule is CN=C(NCc1ccc(N2CCN(C(=O)CC(F)(F)F)CC2)cc1)c1nccnc1C. The fourth-order valence-electron chi connectivity index (χ4n) is 3.42. The molecule has 1 amide bonds. The number of aliphatic imine (C=N–C) groups is 1. The molecule has 2 heterocycles. The molecule has 0 atom stereocenters. The number of aromatic nitrogens is 2. The lowest BCUT2D eigenvalue weighted by molar-refractivity contribution is -0.161. The topological polar surface area (TPSA) is 73.7 Å². The Balaban J connectivity index is 1.53. The van der Waals surface area contributed by atoms with Gasteiger partial charge in [0, 0.05) is 57.9 Å². The second kappa shape index (κ2) is 9.76. The lowest BCUT2D eigenvalue weighted by Gasteiger charge is -2.36. The van der Waals surface area contributed by atoms with Crippen LogP contribution in [0.5, 0.6) is 0 Å². The Bertz CT molecular complexity index is 921. The quantitative estimate of drug-likeness (QED) is 0.579. The van der Waals surface area contributed by atoms with Crippen molar-refractivity contribution >= 4 is 17.4 Å². The first kappa shape index (κ1) is 22.5. The van der Waals surface area contributed by atoms with Crippen LogP contribution in [0, 0.1) is 6.92 Å². The predicted molar refractivity (Wildman–Crippen MR) is 112 cm³/mol. The van der Waals surface area contributed by atoms with Crippen LogP contribution in [0.2, 0.25) is 0 Å². The summed E-state index contributed by atoms with van der Waals surface area (Å²) in [5.74, 6) is -0.199. The average molecular weight is 434 g/mol. The summed E-state index contributed by atoms with van der Waals surface area (Å²) < 4.78 is 37.2. The normalized spacial score (nSPS) is 15.2. The third kappa shape index (κ3) is 6.16. The number of hydrogen-bond donors (Lipinski definition) is 1. The standard InChI is InChI=1S/C21H25F3N6O/c1-15-19(27-8-7-26-15)20(25-2)28-14-16-3-5-17(6-4-16)29-9-11-30(12-10-29)18(31)13-21(22,23)24/h3-8H,9-14H2,1-2H3,(H,25,28). The van der Waals surface area contributed by atoms with Gasteiger partial charge in [0.15, 0.2) is 0 Å². The molecule has 1 aromatic heterocycles. The van der Waals surface area contributed by atoms with Crippen molar-refractivity contribution in [2.24, 2.45) is 4.99 Å². The second-order valence-electron chi connectivity index (χ2n) is 7.24. The summed E-state index contributed by atoms with van der Waals surface area (Å²) in [6, 6.07) is 7.92. The molecular formula is C21H25F3N6O. The van der Waals surface area contributed by atoms with Gasteiger partial charge in [-0.3, -0.25) is 14.8 Å². The fraction of sp³-hybridized carbons (Fsp3) is 0.429. The van der Waals surface area contributed by atoms with Gasteiger partial charge in [0.25, 0.3) is 0 Å². The highest BCUT2D eigenvalue weighted by Crippen LogP contribution is 2.22. The summed E-state index contributed by atoms with van der Waals surface area (Å²) in [5.41, 5.74) is 3.52. The molecule has 1 aliphatic heterocycles. The molecule has 3 rings (SSSR count). The molecule has 2 aromatic rings. The van der Waals surface area contributed by atoms with Gasteiger partial charge in [-0.15, -0.1) is 0 Å². The van der Waals surface area contributed by atoms with E-state index in [0.29, 0.717) is 31.2 Å². The number of amidine groups is 1. The predicted octanol–water partition coefficient (Wildman–Crippen LogP) is 2.55. The van der Waals surface area contributed by atoms with E-state index >= 15 is 0 Å². The van der Waals surface area contributed by atoms with Crippen molar-refractivity contribution in [3.8, 4) is 0 Å². The first-order chi connectivity index (χ1) is 14.8. The summed E-state index contributed by atoms with van der Waals surface area (Å²) in [7, 11) is 1.69. The van der Waals surface area contributed by atoms with Crippen LogP contribution in [0.25, 0.3) is 0 Å². The molecule has 31 heavy (non-hydrogen) atoms. The Morgan fingerprint density at radius 1 is 1.10 bits per heavy atom. The number of amides is 1. The Hall–Kier alpha value is -3.17. The number of aryl methyl sites for hydroxylation is 1. The summed E-state index contributed by atoms with van der Waals surface area (Å²) in [4.78, 5) is 27.9. The number of carbonyl (C=O) groups is 1. The van der Waals surface area contributed by atoms with E-state index < -0.39 is 18.5 Å². The number of carbonyl (C=O) groups excluding carboxylic acids is 1. The summed E-state index contributed by atoms with van der Waals surface area (Å²) in [6.07, 6.45) is -2.60. The van der Waals surface area contributed by atoms with Crippen LogP contribution in [0.1, 0.15) is 23.4 Å². The first-order valence-electron chi connectivity index (χ1n) is 9.94. The van der Waals surface area contributed by atoms with E-state index in [1.807, 2.05) is 31.2 Å². The monoisotopic (exact) mass is 434 g/mol. The minimum atomic E-state index is -4.47. The number of piperazine rings is 1. The molecular weight excluding hydrogens is 409 g/mol. The minimum absolute atomic E-state index is 0.284. The van der Waals surface area contributed by atoms with Gasteiger partial charge >= 0.3 is 6.18 Å². The number of hydrogen-bond acceptors (Lipinski definition) is 5. The van der Waals surface area contributed by atoms with E-state index in [0.717, 1.165) is 16.9 Å². The van der Waals surface area contributed by atoms with Crippen molar-refractivity contribution < 1.29 is 18.0 Å². The number of anilines is 1. The van der Waals surface area contributed by atoms with Gasteiger partial charge in [-0.05, 0) is 24.6 Å². The number of alkyl halides is 3. The summed E-state index contributed by atoms with van der Waals surface area (Å²) in [5, 5.41) is 3.28.